The van der Waals surface area contributed by atoms with E-state index in [1.807, 2.05) is 6.20 Å². The van der Waals surface area contributed by atoms with Gasteiger partial charge in [0.25, 0.3) is 0 Å². The maximum atomic E-state index is 4.46. The highest BCUT2D eigenvalue weighted by molar-refractivity contribution is 5.26. The van der Waals surface area contributed by atoms with Crippen LogP contribution in [0.5, 0.6) is 0 Å². The number of aromatic nitrogens is 2. The highest BCUT2D eigenvalue weighted by Gasteiger charge is 2.26. The van der Waals surface area contributed by atoms with Gasteiger partial charge in [-0.3, -0.25) is 0 Å². The summed E-state index contributed by atoms with van der Waals surface area (Å²) in [4.78, 5) is 4.46. The van der Waals surface area contributed by atoms with Crippen molar-refractivity contribution in [1.82, 2.24) is 9.55 Å². The zero-order valence-electron chi connectivity index (χ0n) is 12.2. The third kappa shape index (κ3) is 3.06. The minimum atomic E-state index is 0.633. The molecule has 3 unspecified atom stereocenters. The largest absolute Gasteiger partial charge is 0.355 e. The van der Waals surface area contributed by atoms with Gasteiger partial charge >= 0.3 is 0 Å². The molecule has 1 N–H and O–H groups in total. The molecule has 0 aromatic carbocycles. The molecule has 0 aliphatic heterocycles. The summed E-state index contributed by atoms with van der Waals surface area (Å²) < 4.78 is 2.35. The Kier molecular flexibility index (Phi) is 4.31. The summed E-state index contributed by atoms with van der Waals surface area (Å²) in [5.74, 6) is 3.40. The van der Waals surface area contributed by atoms with E-state index < -0.39 is 0 Å². The van der Waals surface area contributed by atoms with Crippen LogP contribution in [0.2, 0.25) is 0 Å². The number of nitrogens with zero attached hydrogens (tertiary/aromatic N) is 2. The number of rotatable bonds is 4. The fraction of sp³-hybridized carbons (Fsp3) is 0.800. The second kappa shape index (κ2) is 5.77. The second-order valence-electron chi connectivity index (χ2n) is 6.35. The molecule has 0 bridgehead atoms. The number of anilines is 1. The molecule has 3 atom stereocenters. The van der Waals surface area contributed by atoms with Gasteiger partial charge < -0.3 is 9.88 Å². The third-order valence-corrected chi connectivity index (χ3v) is 4.30. The summed E-state index contributed by atoms with van der Waals surface area (Å²) in [6.45, 7) is 10.2. The number of hydrogen-bond acceptors (Lipinski definition) is 2. The first-order valence-electron chi connectivity index (χ1n) is 7.34. The maximum Gasteiger partial charge on any atom is 0.203 e. The van der Waals surface area contributed by atoms with E-state index in [0.717, 1.165) is 24.3 Å². The molecule has 0 spiro atoms. The lowest BCUT2D eigenvalue weighted by Gasteiger charge is -2.33. The molecule has 1 aliphatic carbocycles. The molecule has 2 rings (SSSR count). The average Bonchev–Trinajstić information content (AvgIpc) is 2.78. The fourth-order valence-electron chi connectivity index (χ4n) is 2.81. The number of nitrogens with one attached hydrogen (secondary N) is 1. The number of imidazole rings is 1. The van der Waals surface area contributed by atoms with E-state index in [0.29, 0.717) is 12.0 Å². The van der Waals surface area contributed by atoms with Crippen LogP contribution < -0.4 is 5.32 Å². The molecular weight excluding hydrogens is 222 g/mol. The fourth-order valence-corrected chi connectivity index (χ4v) is 2.81. The SMILES string of the molecule is CC(C)CNc1nccn1C1CCC(C)C(C)C1. The van der Waals surface area contributed by atoms with Crippen molar-refractivity contribution in [3.8, 4) is 0 Å². The predicted octanol–water partition coefficient (Wildman–Crippen LogP) is 3.95. The van der Waals surface area contributed by atoms with Crippen LogP contribution in [0.3, 0.4) is 0 Å². The van der Waals surface area contributed by atoms with E-state index in [2.05, 4.69) is 48.8 Å². The summed E-state index contributed by atoms with van der Waals surface area (Å²) in [7, 11) is 0. The van der Waals surface area contributed by atoms with Gasteiger partial charge in [-0.1, -0.05) is 27.7 Å². The average molecular weight is 249 g/mol. The zero-order valence-corrected chi connectivity index (χ0v) is 12.2. The molecule has 1 heterocycles. The van der Waals surface area contributed by atoms with Gasteiger partial charge in [-0.15, -0.1) is 0 Å². The van der Waals surface area contributed by atoms with Crippen LogP contribution in [0.1, 0.15) is 53.0 Å². The summed E-state index contributed by atoms with van der Waals surface area (Å²) in [5.41, 5.74) is 0. The van der Waals surface area contributed by atoms with Gasteiger partial charge in [0, 0.05) is 25.0 Å². The van der Waals surface area contributed by atoms with Gasteiger partial charge in [0.1, 0.15) is 0 Å². The highest BCUT2D eigenvalue weighted by Crippen LogP contribution is 2.37. The molecule has 3 nitrogen and oxygen atoms in total. The molecule has 3 heteroatoms. The van der Waals surface area contributed by atoms with E-state index in [-0.39, 0.29) is 0 Å². The van der Waals surface area contributed by atoms with Crippen molar-refractivity contribution in [2.45, 2.75) is 53.0 Å². The van der Waals surface area contributed by atoms with Gasteiger partial charge in [0.15, 0.2) is 0 Å². The molecule has 102 valence electrons. The summed E-state index contributed by atoms with van der Waals surface area (Å²) in [5, 5.41) is 3.47. The molecule has 1 aromatic heterocycles. The van der Waals surface area contributed by atoms with E-state index in [1.165, 1.54) is 19.3 Å². The quantitative estimate of drug-likeness (QED) is 0.875. The molecule has 1 fully saturated rings. The summed E-state index contributed by atoms with van der Waals surface area (Å²) >= 11 is 0. The Balaban J connectivity index is 2.02. The van der Waals surface area contributed by atoms with Crippen molar-refractivity contribution >= 4 is 5.95 Å². The third-order valence-electron chi connectivity index (χ3n) is 4.30. The molecule has 1 saturated carbocycles. The maximum absolute atomic E-state index is 4.46. The molecule has 0 amide bonds. The van der Waals surface area contributed by atoms with Crippen LogP contribution in [0, 0.1) is 17.8 Å². The Morgan fingerprint density at radius 2 is 2.11 bits per heavy atom. The zero-order chi connectivity index (χ0) is 13.1. The first-order valence-corrected chi connectivity index (χ1v) is 7.34. The molecule has 18 heavy (non-hydrogen) atoms. The van der Waals surface area contributed by atoms with Crippen LogP contribution in [0.15, 0.2) is 12.4 Å². The molecule has 0 radical (unpaired) electrons. The Hall–Kier alpha value is -0.990. The Morgan fingerprint density at radius 3 is 2.78 bits per heavy atom. The van der Waals surface area contributed by atoms with Gasteiger partial charge in [0.2, 0.25) is 5.95 Å². The molecule has 0 saturated heterocycles. The second-order valence-corrected chi connectivity index (χ2v) is 6.35. The van der Waals surface area contributed by atoms with E-state index in [1.54, 1.807) is 0 Å². The Labute approximate surface area is 111 Å². The highest BCUT2D eigenvalue weighted by atomic mass is 15.2. The van der Waals surface area contributed by atoms with E-state index >= 15 is 0 Å². The van der Waals surface area contributed by atoms with Crippen LogP contribution >= 0.6 is 0 Å². The topological polar surface area (TPSA) is 29.9 Å². The summed E-state index contributed by atoms with van der Waals surface area (Å²) in [6, 6.07) is 0.633. The molecule has 1 aromatic rings. The first kappa shape index (κ1) is 13.4. The van der Waals surface area contributed by atoms with Crippen molar-refractivity contribution in [3.63, 3.8) is 0 Å². The predicted molar refractivity (Wildman–Crippen MR) is 76.8 cm³/mol. The van der Waals surface area contributed by atoms with Crippen molar-refractivity contribution in [2.75, 3.05) is 11.9 Å². The lowest BCUT2D eigenvalue weighted by atomic mass is 9.79. The van der Waals surface area contributed by atoms with Crippen LogP contribution in [-0.4, -0.2) is 16.1 Å². The minimum absolute atomic E-state index is 0.633. The van der Waals surface area contributed by atoms with Gasteiger partial charge in [-0.25, -0.2) is 4.98 Å². The van der Waals surface area contributed by atoms with Gasteiger partial charge in [-0.2, -0.15) is 0 Å². The lowest BCUT2D eigenvalue weighted by molar-refractivity contribution is 0.212. The normalized spacial score (nSPS) is 28.6. The smallest absolute Gasteiger partial charge is 0.203 e. The molecule has 1 aliphatic rings. The minimum Gasteiger partial charge on any atom is -0.355 e. The first-order chi connectivity index (χ1) is 8.58. The van der Waals surface area contributed by atoms with Crippen molar-refractivity contribution in [2.24, 2.45) is 17.8 Å². The van der Waals surface area contributed by atoms with Crippen molar-refractivity contribution < 1.29 is 0 Å². The Bertz CT molecular complexity index is 370. The number of hydrogen-bond donors (Lipinski definition) is 1. The van der Waals surface area contributed by atoms with Crippen molar-refractivity contribution in [3.05, 3.63) is 12.4 Å². The van der Waals surface area contributed by atoms with Crippen molar-refractivity contribution in [1.29, 1.82) is 0 Å². The summed E-state index contributed by atoms with van der Waals surface area (Å²) in [6.07, 6.45) is 7.97. The van der Waals surface area contributed by atoms with Gasteiger partial charge in [-0.05, 0) is 37.0 Å². The van der Waals surface area contributed by atoms with Crippen LogP contribution in [0.25, 0.3) is 0 Å². The molecular formula is C15H27N3. The van der Waals surface area contributed by atoms with Crippen LogP contribution in [-0.2, 0) is 0 Å². The van der Waals surface area contributed by atoms with E-state index in [9.17, 15) is 0 Å². The van der Waals surface area contributed by atoms with Gasteiger partial charge in [0.05, 0.1) is 0 Å². The van der Waals surface area contributed by atoms with E-state index in [4.69, 9.17) is 0 Å². The van der Waals surface area contributed by atoms with Crippen LogP contribution in [0.4, 0.5) is 5.95 Å². The standard InChI is InChI=1S/C15H27N3/c1-11(2)10-17-15-16-7-8-18(15)14-6-5-12(3)13(4)9-14/h7-8,11-14H,5-6,9-10H2,1-4H3,(H,16,17). The lowest BCUT2D eigenvalue weighted by Crippen LogP contribution is -2.24. The Morgan fingerprint density at radius 1 is 1.33 bits per heavy atom. The monoisotopic (exact) mass is 249 g/mol.